The van der Waals surface area contributed by atoms with Crippen molar-refractivity contribution in [2.75, 3.05) is 20.6 Å². The summed E-state index contributed by atoms with van der Waals surface area (Å²) in [5, 5.41) is 3.12. The summed E-state index contributed by atoms with van der Waals surface area (Å²) in [7, 11) is -7.71. The van der Waals surface area contributed by atoms with E-state index in [1.54, 1.807) is 30.3 Å². The van der Waals surface area contributed by atoms with Gasteiger partial charge in [0.05, 0.1) is 27.5 Å². The molecule has 0 aliphatic carbocycles. The topological polar surface area (TPSA) is 113 Å². The Morgan fingerprint density at radius 1 is 0.912 bits per heavy atom. The van der Waals surface area contributed by atoms with Gasteiger partial charge in [-0.3, -0.25) is 13.8 Å². The number of hydrogen-bond acceptors (Lipinski definition) is 5. The Morgan fingerprint density at radius 3 is 2.09 bits per heavy atom. The molecule has 3 rings (SSSR count). The van der Waals surface area contributed by atoms with E-state index in [-0.39, 0.29) is 15.6 Å². The zero-order valence-corrected chi connectivity index (χ0v) is 21.2. The molecule has 3 aromatic carbocycles. The van der Waals surface area contributed by atoms with E-state index in [0.717, 1.165) is 10.6 Å². The van der Waals surface area contributed by atoms with Gasteiger partial charge in [-0.15, -0.1) is 0 Å². The Balaban J connectivity index is 1.76. The number of nitrogens with zero attached hydrogens (tertiary/aromatic N) is 1. The molecule has 3 aromatic rings. The van der Waals surface area contributed by atoms with Crippen LogP contribution in [0.15, 0.2) is 77.7 Å². The number of halogens is 2. The van der Waals surface area contributed by atoms with E-state index in [0.29, 0.717) is 16.4 Å². The normalized spacial score (nSPS) is 12.6. The molecule has 1 atom stereocenters. The van der Waals surface area contributed by atoms with Gasteiger partial charge >= 0.3 is 0 Å². The Hall–Kier alpha value is -2.79. The smallest absolute Gasteiger partial charge is 0.261 e. The fourth-order valence-corrected chi connectivity index (χ4v) is 5.89. The summed E-state index contributed by atoms with van der Waals surface area (Å²) in [5.74, 6) is -0.587. The molecule has 0 radical (unpaired) electrons. The fraction of sp³-hybridized carbons (Fsp3) is 0.136. The van der Waals surface area contributed by atoms with Crippen molar-refractivity contribution in [3.05, 3.63) is 82.8 Å². The van der Waals surface area contributed by atoms with Crippen molar-refractivity contribution in [2.24, 2.45) is 0 Å². The molecule has 34 heavy (non-hydrogen) atoms. The van der Waals surface area contributed by atoms with Crippen LogP contribution in [0.5, 0.6) is 0 Å². The molecule has 0 aliphatic heterocycles. The maximum Gasteiger partial charge on any atom is 0.261 e. The Bertz CT molecular complexity index is 1400. The lowest BCUT2D eigenvalue weighted by atomic mass is 10.2. The fourth-order valence-electron chi connectivity index (χ4n) is 3.12. The summed E-state index contributed by atoms with van der Waals surface area (Å²) >= 11 is 11.9. The molecule has 0 aromatic heterocycles. The lowest BCUT2D eigenvalue weighted by Gasteiger charge is -2.28. The lowest BCUT2D eigenvalue weighted by Crippen LogP contribution is -2.45. The molecule has 0 saturated carbocycles. The molecule has 2 N–H and O–H groups in total. The first kappa shape index (κ1) is 25.8. The molecule has 1 amide bonds. The van der Waals surface area contributed by atoms with Crippen LogP contribution >= 0.6 is 23.2 Å². The molecule has 0 bridgehead atoms. The number of carbonyl (C=O) groups excluding carboxylic acids is 1. The van der Waals surface area contributed by atoms with Gasteiger partial charge in [0.1, 0.15) is 6.04 Å². The number of benzene rings is 3. The highest BCUT2D eigenvalue weighted by Crippen LogP contribution is 2.28. The predicted octanol–water partition coefficient (Wildman–Crippen LogP) is 4.59. The van der Waals surface area contributed by atoms with Crippen LogP contribution in [0.4, 0.5) is 17.1 Å². The number of para-hydroxylation sites is 1. The first-order valence-electron chi connectivity index (χ1n) is 9.82. The van der Waals surface area contributed by atoms with Crippen LogP contribution in [0.1, 0.15) is 6.92 Å². The van der Waals surface area contributed by atoms with Crippen molar-refractivity contribution >= 4 is 66.2 Å². The number of anilines is 3. The number of nitrogens with one attached hydrogen (secondary N) is 2. The van der Waals surface area contributed by atoms with Crippen LogP contribution in [-0.2, 0) is 24.8 Å². The lowest BCUT2D eigenvalue weighted by molar-refractivity contribution is -0.116. The quantitative estimate of drug-likeness (QED) is 0.433. The van der Waals surface area contributed by atoms with Crippen molar-refractivity contribution in [3.8, 4) is 0 Å². The summed E-state index contributed by atoms with van der Waals surface area (Å²) < 4.78 is 53.4. The van der Waals surface area contributed by atoms with E-state index in [9.17, 15) is 21.6 Å². The predicted molar refractivity (Wildman–Crippen MR) is 136 cm³/mol. The summed E-state index contributed by atoms with van der Waals surface area (Å²) in [6.45, 7) is 1.46. The van der Waals surface area contributed by atoms with Crippen molar-refractivity contribution < 1.29 is 21.6 Å². The van der Waals surface area contributed by atoms with Crippen LogP contribution in [-0.4, -0.2) is 35.0 Å². The summed E-state index contributed by atoms with van der Waals surface area (Å²) in [5.41, 5.74) is 0.807. The van der Waals surface area contributed by atoms with Crippen LogP contribution < -0.4 is 14.3 Å². The highest BCUT2D eigenvalue weighted by molar-refractivity contribution is 7.92. The van der Waals surface area contributed by atoms with Gasteiger partial charge in [-0.1, -0.05) is 41.4 Å². The maximum atomic E-state index is 12.8. The van der Waals surface area contributed by atoms with Crippen LogP contribution in [0.25, 0.3) is 0 Å². The standard InChI is InChI=1S/C22H21Cl2N3O5S2/c1-15(27(33(2,29)30)18-6-4-3-5-7-18)22(28)25-17-9-11-19(12-10-17)34(31,32)26-21-13-8-16(23)14-20(21)24/h3-15,26H,1-2H3,(H,25,28)/t15-/m1/s1. The Labute approximate surface area is 208 Å². The largest absolute Gasteiger partial charge is 0.324 e. The molecule has 0 fully saturated rings. The third-order valence-corrected chi connectivity index (χ3v) is 7.88. The zero-order chi connectivity index (χ0) is 25.1. The van der Waals surface area contributed by atoms with E-state index >= 15 is 0 Å². The van der Waals surface area contributed by atoms with Gasteiger partial charge in [0, 0.05) is 10.7 Å². The molecule has 0 unspecified atom stereocenters. The van der Waals surface area contributed by atoms with E-state index in [1.807, 2.05) is 0 Å². The SMILES string of the molecule is C[C@H](C(=O)Nc1ccc(S(=O)(=O)Nc2ccc(Cl)cc2Cl)cc1)N(c1ccccc1)S(C)(=O)=O. The second kappa shape index (κ2) is 10.2. The second-order valence-corrected chi connectivity index (χ2v) is 11.7. The van der Waals surface area contributed by atoms with Crippen molar-refractivity contribution in [3.63, 3.8) is 0 Å². The van der Waals surface area contributed by atoms with Crippen LogP contribution in [0.3, 0.4) is 0 Å². The molecule has 0 spiro atoms. The molecule has 0 aliphatic rings. The molecule has 180 valence electrons. The van der Waals surface area contributed by atoms with E-state index in [2.05, 4.69) is 10.0 Å². The number of carbonyl (C=O) groups is 1. The second-order valence-electron chi connectivity index (χ2n) is 7.31. The minimum atomic E-state index is -3.96. The maximum absolute atomic E-state index is 12.8. The first-order chi connectivity index (χ1) is 15.9. The summed E-state index contributed by atoms with van der Waals surface area (Å²) in [6, 6.07) is 16.9. The van der Waals surface area contributed by atoms with Gasteiger partial charge in [-0.2, -0.15) is 0 Å². The summed E-state index contributed by atoms with van der Waals surface area (Å²) in [4.78, 5) is 12.7. The van der Waals surface area contributed by atoms with Gasteiger partial charge in [-0.25, -0.2) is 16.8 Å². The third kappa shape index (κ3) is 6.20. The minimum absolute atomic E-state index is 0.0633. The Kier molecular flexibility index (Phi) is 7.77. The minimum Gasteiger partial charge on any atom is -0.324 e. The summed E-state index contributed by atoms with van der Waals surface area (Å²) in [6.07, 6.45) is 1.02. The number of rotatable bonds is 8. The molecule has 12 heteroatoms. The van der Waals surface area contributed by atoms with Crippen molar-refractivity contribution in [1.82, 2.24) is 0 Å². The highest BCUT2D eigenvalue weighted by atomic mass is 35.5. The zero-order valence-electron chi connectivity index (χ0n) is 18.1. The van der Waals surface area contributed by atoms with Gasteiger partial charge in [-0.05, 0) is 61.5 Å². The molecule has 0 heterocycles. The molecular weight excluding hydrogens is 521 g/mol. The van der Waals surface area contributed by atoms with Gasteiger partial charge in [0.25, 0.3) is 10.0 Å². The van der Waals surface area contributed by atoms with Gasteiger partial charge in [0.15, 0.2) is 0 Å². The molecular formula is C22H21Cl2N3O5S2. The highest BCUT2D eigenvalue weighted by Gasteiger charge is 2.29. The average molecular weight is 542 g/mol. The van der Waals surface area contributed by atoms with Crippen molar-refractivity contribution in [1.29, 1.82) is 0 Å². The first-order valence-corrected chi connectivity index (χ1v) is 13.9. The van der Waals surface area contributed by atoms with E-state index in [4.69, 9.17) is 23.2 Å². The molecule has 0 saturated heterocycles. The van der Waals surface area contributed by atoms with E-state index < -0.39 is 32.0 Å². The van der Waals surface area contributed by atoms with Gasteiger partial charge in [0.2, 0.25) is 15.9 Å². The van der Waals surface area contributed by atoms with Crippen LogP contribution in [0.2, 0.25) is 10.0 Å². The molecule has 8 nitrogen and oxygen atoms in total. The number of sulfonamides is 2. The van der Waals surface area contributed by atoms with Crippen LogP contribution in [0, 0.1) is 0 Å². The number of hydrogen-bond donors (Lipinski definition) is 2. The van der Waals surface area contributed by atoms with Crippen molar-refractivity contribution in [2.45, 2.75) is 17.9 Å². The Morgan fingerprint density at radius 2 is 1.53 bits per heavy atom. The monoisotopic (exact) mass is 541 g/mol. The average Bonchev–Trinajstić information content (AvgIpc) is 2.76. The number of amides is 1. The third-order valence-electron chi connectivity index (χ3n) is 4.71. The van der Waals surface area contributed by atoms with E-state index in [1.165, 1.54) is 49.4 Å². The van der Waals surface area contributed by atoms with Gasteiger partial charge < -0.3 is 5.32 Å².